The third-order valence-corrected chi connectivity index (χ3v) is 2.07. The minimum Gasteiger partial charge on any atom is -0.247 e. The lowest BCUT2D eigenvalue weighted by atomic mass is 10.5. The fraction of sp³-hybridized carbons (Fsp3) is 0.100. The normalized spacial score (nSPS) is 10.1. The highest BCUT2D eigenvalue weighted by molar-refractivity contribution is 5.26. The van der Waals surface area contributed by atoms with Gasteiger partial charge in [0.05, 0.1) is 18.9 Å². The summed E-state index contributed by atoms with van der Waals surface area (Å²) in [6, 6.07) is 0. The molecule has 0 aromatic carbocycles. The molecule has 6 nitrogen and oxygen atoms in total. The van der Waals surface area contributed by atoms with E-state index >= 15 is 0 Å². The monoisotopic (exact) mass is 311 g/mol. The summed E-state index contributed by atoms with van der Waals surface area (Å²) in [4.78, 5) is 34.8. The van der Waals surface area contributed by atoms with Crippen molar-refractivity contribution in [2.75, 3.05) is 0 Å². The molecular weight excluding hydrogens is 305 g/mol. The van der Waals surface area contributed by atoms with Gasteiger partial charge in [-0.2, -0.15) is 17.6 Å². The van der Waals surface area contributed by atoms with E-state index in [0.29, 0.717) is 0 Å². The maximum Gasteiger partial charge on any atom is 0.345 e. The van der Waals surface area contributed by atoms with Gasteiger partial charge in [-0.3, -0.25) is 0 Å². The first-order valence-electron chi connectivity index (χ1n) is 5.02. The van der Waals surface area contributed by atoms with Crippen molar-refractivity contribution in [1.29, 1.82) is 0 Å². The van der Waals surface area contributed by atoms with E-state index in [9.17, 15) is 36.3 Å². The van der Waals surface area contributed by atoms with Crippen molar-refractivity contribution >= 4 is 12.4 Å². The van der Waals surface area contributed by atoms with E-state index in [0.717, 1.165) is 0 Å². The fourth-order valence-electron chi connectivity index (χ4n) is 1.34. The second-order valence-electron chi connectivity index (χ2n) is 3.53. The van der Waals surface area contributed by atoms with Gasteiger partial charge >= 0.3 is 17.1 Å². The summed E-state index contributed by atoms with van der Waals surface area (Å²) >= 11 is 0. The summed E-state index contributed by atoms with van der Waals surface area (Å²) < 4.78 is 60.8. The standard InChI is InChI=1S/C10H6F5N3O3/c1-5(11)2-16-8(19)17(3-6(12)13)10(21)18(9(16)20)4-7(14)15/h3-4H,1-2H2. The number of allylic oxidation sites excluding steroid dienone is 1. The molecule has 0 atom stereocenters. The van der Waals surface area contributed by atoms with Gasteiger partial charge in [0.1, 0.15) is 5.83 Å². The van der Waals surface area contributed by atoms with Crippen LogP contribution in [0.1, 0.15) is 0 Å². The van der Waals surface area contributed by atoms with Gasteiger partial charge in [-0.15, -0.1) is 0 Å². The molecule has 0 aliphatic rings. The van der Waals surface area contributed by atoms with Gasteiger partial charge < -0.3 is 0 Å². The minimum atomic E-state index is -2.50. The Morgan fingerprint density at radius 1 is 0.857 bits per heavy atom. The van der Waals surface area contributed by atoms with Crippen molar-refractivity contribution in [1.82, 2.24) is 13.7 Å². The van der Waals surface area contributed by atoms with E-state index in [1.165, 1.54) is 0 Å². The Morgan fingerprint density at radius 2 is 1.24 bits per heavy atom. The molecule has 0 saturated heterocycles. The Morgan fingerprint density at radius 3 is 1.52 bits per heavy atom. The zero-order valence-corrected chi connectivity index (χ0v) is 10.0. The molecule has 0 N–H and O–H groups in total. The van der Waals surface area contributed by atoms with Crippen LogP contribution in [0, 0.1) is 0 Å². The van der Waals surface area contributed by atoms with Crippen LogP contribution in [-0.2, 0) is 6.54 Å². The highest BCUT2D eigenvalue weighted by Crippen LogP contribution is 1.99. The van der Waals surface area contributed by atoms with Crippen LogP contribution in [-0.4, -0.2) is 13.7 Å². The van der Waals surface area contributed by atoms with Crippen molar-refractivity contribution in [2.24, 2.45) is 0 Å². The summed E-state index contributed by atoms with van der Waals surface area (Å²) in [5.74, 6) is -1.22. The SMILES string of the molecule is C=C(F)Cn1c(=O)n(C=C(F)F)c(=O)n(C=C(F)F)c1=O. The Labute approximate surface area is 112 Å². The summed E-state index contributed by atoms with van der Waals surface area (Å²) in [7, 11) is 0. The minimum absolute atomic E-state index is 0.0391. The molecule has 0 aliphatic heterocycles. The van der Waals surface area contributed by atoms with E-state index in [4.69, 9.17) is 0 Å². The van der Waals surface area contributed by atoms with Gasteiger partial charge in [0, 0.05) is 0 Å². The first-order valence-corrected chi connectivity index (χ1v) is 5.02. The predicted molar refractivity (Wildman–Crippen MR) is 62.4 cm³/mol. The zero-order chi connectivity index (χ0) is 16.3. The third kappa shape index (κ3) is 3.64. The van der Waals surface area contributed by atoms with Crippen LogP contribution in [0.25, 0.3) is 12.4 Å². The molecule has 0 bridgehead atoms. The van der Waals surface area contributed by atoms with E-state index in [2.05, 4.69) is 6.58 Å². The number of hydrogen-bond donors (Lipinski definition) is 0. The van der Waals surface area contributed by atoms with Gasteiger partial charge in [0.25, 0.3) is 12.2 Å². The largest absolute Gasteiger partial charge is 0.345 e. The van der Waals surface area contributed by atoms with Gasteiger partial charge in [-0.05, 0) is 0 Å². The molecule has 1 heterocycles. The van der Waals surface area contributed by atoms with Crippen LogP contribution in [0.3, 0.4) is 0 Å². The van der Waals surface area contributed by atoms with Gasteiger partial charge in [-0.25, -0.2) is 32.5 Å². The average molecular weight is 311 g/mol. The second kappa shape index (κ2) is 6.15. The summed E-state index contributed by atoms with van der Waals surface area (Å²) in [5, 5.41) is 0. The summed E-state index contributed by atoms with van der Waals surface area (Å²) in [6.45, 7) is 1.67. The lowest BCUT2D eigenvalue weighted by Crippen LogP contribution is -2.52. The molecule has 1 aromatic heterocycles. The molecule has 11 heteroatoms. The number of halogens is 5. The number of aromatic nitrogens is 3. The molecule has 0 unspecified atom stereocenters. The van der Waals surface area contributed by atoms with Crippen molar-refractivity contribution in [3.05, 3.63) is 56.0 Å². The quantitative estimate of drug-likeness (QED) is 0.781. The third-order valence-electron chi connectivity index (χ3n) is 2.07. The van der Waals surface area contributed by atoms with Gasteiger partial charge in [-0.1, -0.05) is 6.58 Å². The molecule has 0 amide bonds. The Kier molecular flexibility index (Phi) is 4.79. The highest BCUT2D eigenvalue weighted by atomic mass is 19.3. The molecule has 1 rings (SSSR count). The predicted octanol–water partition coefficient (Wildman–Crippen LogP) is 1.04. The van der Waals surface area contributed by atoms with Gasteiger partial charge in [0.2, 0.25) is 0 Å². The molecule has 21 heavy (non-hydrogen) atoms. The Bertz CT molecular complexity index is 750. The maximum absolute atomic E-state index is 12.7. The summed E-state index contributed by atoms with van der Waals surface area (Å²) in [5.41, 5.74) is -5.01. The second-order valence-corrected chi connectivity index (χ2v) is 3.53. The van der Waals surface area contributed by atoms with E-state index in [-0.39, 0.29) is 26.1 Å². The molecule has 0 aliphatic carbocycles. The Balaban J connectivity index is 3.93. The van der Waals surface area contributed by atoms with Gasteiger partial charge in [0.15, 0.2) is 0 Å². The molecule has 0 saturated carbocycles. The highest BCUT2D eigenvalue weighted by Gasteiger charge is 2.15. The van der Waals surface area contributed by atoms with E-state index in [1.54, 1.807) is 0 Å². The molecular formula is C10H6F5N3O3. The van der Waals surface area contributed by atoms with Crippen molar-refractivity contribution in [2.45, 2.75) is 6.54 Å². The number of nitrogens with zero attached hydrogens (tertiary/aromatic N) is 3. The lowest BCUT2D eigenvalue weighted by Gasteiger charge is -2.07. The smallest absolute Gasteiger partial charge is 0.247 e. The van der Waals surface area contributed by atoms with Crippen molar-refractivity contribution in [3.63, 3.8) is 0 Å². The van der Waals surface area contributed by atoms with Crippen molar-refractivity contribution < 1.29 is 22.0 Å². The first-order chi connectivity index (χ1) is 9.65. The van der Waals surface area contributed by atoms with E-state index < -0.39 is 41.6 Å². The first kappa shape index (κ1) is 16.3. The maximum atomic E-state index is 12.7. The Hall–Kier alpha value is -2.72. The number of rotatable bonds is 4. The van der Waals surface area contributed by atoms with E-state index in [1.807, 2.05) is 0 Å². The van der Waals surface area contributed by atoms with Crippen LogP contribution in [0.5, 0.6) is 0 Å². The average Bonchev–Trinajstić information content (AvgIpc) is 2.35. The molecule has 0 spiro atoms. The lowest BCUT2D eigenvalue weighted by molar-refractivity contribution is 0.420. The zero-order valence-electron chi connectivity index (χ0n) is 10.0. The molecule has 114 valence electrons. The van der Waals surface area contributed by atoms with Crippen molar-refractivity contribution in [3.8, 4) is 0 Å². The molecule has 1 aromatic rings. The van der Waals surface area contributed by atoms with Crippen LogP contribution >= 0.6 is 0 Å². The van der Waals surface area contributed by atoms with Crippen LogP contribution in [0.2, 0.25) is 0 Å². The van der Waals surface area contributed by atoms with Crippen LogP contribution < -0.4 is 17.1 Å². The molecule has 0 fully saturated rings. The molecule has 0 radical (unpaired) electrons. The number of hydrogen-bond acceptors (Lipinski definition) is 3. The summed E-state index contributed by atoms with van der Waals surface area (Å²) in [6.07, 6.45) is -5.56. The fourth-order valence-corrected chi connectivity index (χ4v) is 1.34. The topological polar surface area (TPSA) is 66.0 Å². The van der Waals surface area contributed by atoms with Crippen LogP contribution in [0.4, 0.5) is 22.0 Å². The van der Waals surface area contributed by atoms with Crippen LogP contribution in [0.15, 0.2) is 39.0 Å².